The Morgan fingerprint density at radius 3 is 1.89 bits per heavy atom. The van der Waals surface area contributed by atoms with Crippen LogP contribution in [0.15, 0.2) is 0 Å². The maximum Gasteiger partial charge on any atom is 0.407 e. The summed E-state index contributed by atoms with van der Waals surface area (Å²) in [5.41, 5.74) is -0.0913. The molecule has 0 rings (SSSR count). The van der Waals surface area contributed by atoms with Gasteiger partial charge in [0.15, 0.2) is 0 Å². The average molecular weight is 272 g/mol. The number of hydrogen-bond acceptors (Lipinski definition) is 3. The van der Waals surface area contributed by atoms with Crippen LogP contribution in [0, 0.1) is 5.41 Å². The number of alkyl carbamates (subject to hydrolysis) is 1. The molecule has 0 aromatic carbocycles. The first kappa shape index (κ1) is 18.2. The quantitative estimate of drug-likeness (QED) is 0.755. The fourth-order valence-corrected chi connectivity index (χ4v) is 2.27. The lowest BCUT2D eigenvalue weighted by Gasteiger charge is -2.33. The largest absolute Gasteiger partial charge is 0.444 e. The smallest absolute Gasteiger partial charge is 0.407 e. The third-order valence-electron chi connectivity index (χ3n) is 2.37. The minimum Gasteiger partial charge on any atom is -0.444 e. The van der Waals surface area contributed by atoms with Crippen molar-refractivity contribution in [2.45, 2.75) is 73.0 Å². The summed E-state index contributed by atoms with van der Waals surface area (Å²) >= 11 is 0. The van der Waals surface area contributed by atoms with Gasteiger partial charge in [-0.2, -0.15) is 0 Å². The van der Waals surface area contributed by atoms with Gasteiger partial charge in [-0.15, -0.1) is 0 Å². The van der Waals surface area contributed by atoms with Gasteiger partial charge in [-0.3, -0.25) is 0 Å². The van der Waals surface area contributed by atoms with Crippen LogP contribution in [0.4, 0.5) is 4.79 Å². The number of rotatable bonds is 5. The molecule has 1 amide bonds. The van der Waals surface area contributed by atoms with Crippen molar-refractivity contribution in [3.63, 3.8) is 0 Å². The number of hydrogen-bond donors (Lipinski definition) is 2. The van der Waals surface area contributed by atoms with Gasteiger partial charge >= 0.3 is 6.09 Å². The molecule has 0 bridgehead atoms. The van der Waals surface area contributed by atoms with Crippen molar-refractivity contribution in [2.75, 3.05) is 13.1 Å². The van der Waals surface area contributed by atoms with Crippen LogP contribution in [0.25, 0.3) is 0 Å². The second-order valence-corrected chi connectivity index (χ2v) is 7.98. The summed E-state index contributed by atoms with van der Waals surface area (Å²) in [5, 5.41) is 6.21. The van der Waals surface area contributed by atoms with E-state index in [-0.39, 0.29) is 17.0 Å². The Bertz CT molecular complexity index is 286. The normalized spacial score (nSPS) is 13.3. The van der Waals surface area contributed by atoms with E-state index < -0.39 is 5.60 Å². The fourth-order valence-electron chi connectivity index (χ4n) is 2.27. The summed E-state index contributed by atoms with van der Waals surface area (Å²) in [6.45, 7) is 18.0. The van der Waals surface area contributed by atoms with Gasteiger partial charge in [0.2, 0.25) is 0 Å². The molecule has 0 spiro atoms. The van der Waals surface area contributed by atoms with Gasteiger partial charge in [-0.05, 0) is 46.5 Å². The van der Waals surface area contributed by atoms with Crippen LogP contribution in [0.3, 0.4) is 0 Å². The molecular formula is C15H32N2O2. The Kier molecular flexibility index (Phi) is 6.33. The van der Waals surface area contributed by atoms with Gasteiger partial charge < -0.3 is 15.4 Å². The molecule has 0 aromatic heterocycles. The van der Waals surface area contributed by atoms with Crippen LogP contribution in [0.2, 0.25) is 0 Å². The molecule has 4 nitrogen and oxygen atoms in total. The van der Waals surface area contributed by atoms with E-state index in [2.05, 4.69) is 45.3 Å². The zero-order valence-corrected chi connectivity index (χ0v) is 13.9. The van der Waals surface area contributed by atoms with E-state index in [0.29, 0.717) is 6.54 Å². The predicted molar refractivity (Wildman–Crippen MR) is 80.4 cm³/mol. The lowest BCUT2D eigenvalue weighted by Crippen LogP contribution is -2.46. The van der Waals surface area contributed by atoms with Crippen molar-refractivity contribution in [3.8, 4) is 0 Å². The number of amides is 1. The van der Waals surface area contributed by atoms with E-state index in [9.17, 15) is 4.79 Å². The Morgan fingerprint density at radius 1 is 0.947 bits per heavy atom. The molecule has 0 aliphatic carbocycles. The van der Waals surface area contributed by atoms with E-state index in [1.165, 1.54) is 0 Å². The van der Waals surface area contributed by atoms with Gasteiger partial charge in [-0.25, -0.2) is 4.79 Å². The minimum atomic E-state index is -0.441. The van der Waals surface area contributed by atoms with Crippen LogP contribution >= 0.6 is 0 Å². The van der Waals surface area contributed by atoms with Crippen LogP contribution < -0.4 is 10.6 Å². The molecule has 0 fully saturated rings. The summed E-state index contributed by atoms with van der Waals surface area (Å²) in [4.78, 5) is 11.5. The van der Waals surface area contributed by atoms with Crippen molar-refractivity contribution in [1.29, 1.82) is 0 Å². The number of carbonyl (C=O) groups is 1. The lowest BCUT2D eigenvalue weighted by atomic mass is 9.82. The minimum absolute atomic E-state index is 0.0634. The number of ether oxygens (including phenoxy) is 1. The number of carbonyl (C=O) groups excluding carboxylic acids is 1. The van der Waals surface area contributed by atoms with Gasteiger partial charge in [0, 0.05) is 18.6 Å². The van der Waals surface area contributed by atoms with Crippen LogP contribution in [-0.2, 0) is 4.74 Å². The van der Waals surface area contributed by atoms with Gasteiger partial charge in [0.1, 0.15) is 5.60 Å². The van der Waals surface area contributed by atoms with Gasteiger partial charge in [0.25, 0.3) is 0 Å². The Balaban J connectivity index is 3.89. The third-order valence-corrected chi connectivity index (χ3v) is 2.37. The summed E-state index contributed by atoms with van der Waals surface area (Å²) < 4.78 is 5.17. The van der Waals surface area contributed by atoms with Crippen molar-refractivity contribution in [3.05, 3.63) is 0 Å². The first-order valence-electron chi connectivity index (χ1n) is 7.03. The molecular weight excluding hydrogens is 240 g/mol. The molecule has 0 saturated carbocycles. The maximum atomic E-state index is 11.5. The monoisotopic (exact) mass is 272 g/mol. The van der Waals surface area contributed by atoms with E-state index in [0.717, 1.165) is 13.0 Å². The zero-order valence-electron chi connectivity index (χ0n) is 13.9. The van der Waals surface area contributed by atoms with E-state index in [4.69, 9.17) is 4.74 Å². The molecule has 2 N–H and O–H groups in total. The molecule has 0 atom stereocenters. The summed E-state index contributed by atoms with van der Waals surface area (Å²) in [6.07, 6.45) is 0.717. The third kappa shape index (κ3) is 12.0. The van der Waals surface area contributed by atoms with E-state index in [1.807, 2.05) is 20.8 Å². The maximum absolute atomic E-state index is 11.5. The highest BCUT2D eigenvalue weighted by Gasteiger charge is 2.24. The molecule has 0 heterocycles. The first-order chi connectivity index (χ1) is 8.31. The average Bonchev–Trinajstić information content (AvgIpc) is 2.05. The highest BCUT2D eigenvalue weighted by molar-refractivity contribution is 5.67. The predicted octanol–water partition coefficient (Wildman–Crippen LogP) is 3.32. The molecule has 19 heavy (non-hydrogen) atoms. The second-order valence-electron chi connectivity index (χ2n) is 7.98. The van der Waals surface area contributed by atoms with E-state index >= 15 is 0 Å². The number of nitrogens with one attached hydrogen (secondary N) is 2. The topological polar surface area (TPSA) is 50.4 Å². The lowest BCUT2D eigenvalue weighted by molar-refractivity contribution is 0.0526. The Morgan fingerprint density at radius 2 is 1.47 bits per heavy atom. The second kappa shape index (κ2) is 6.60. The van der Waals surface area contributed by atoms with Gasteiger partial charge in [-0.1, -0.05) is 20.8 Å². The fraction of sp³-hybridized carbons (Fsp3) is 0.933. The molecule has 0 unspecified atom stereocenters. The van der Waals surface area contributed by atoms with Crippen molar-refractivity contribution in [2.24, 2.45) is 5.41 Å². The zero-order chi connectivity index (χ0) is 15.3. The van der Waals surface area contributed by atoms with Crippen molar-refractivity contribution < 1.29 is 9.53 Å². The van der Waals surface area contributed by atoms with Crippen molar-refractivity contribution in [1.82, 2.24) is 10.6 Å². The molecule has 0 aliphatic heterocycles. The summed E-state index contributed by atoms with van der Waals surface area (Å²) in [6, 6.07) is 0. The molecule has 0 radical (unpaired) electrons. The van der Waals surface area contributed by atoms with Crippen LogP contribution in [0.1, 0.15) is 61.8 Å². The van der Waals surface area contributed by atoms with E-state index in [1.54, 1.807) is 0 Å². The SMILES string of the molecule is CC(C)(C)CC(C)(C)NCCNC(=O)OC(C)(C)C. The first-order valence-corrected chi connectivity index (χ1v) is 7.03. The standard InChI is InChI=1S/C15H32N2O2/c1-13(2,3)11-15(7,8)17-10-9-16-12(18)19-14(4,5)6/h17H,9-11H2,1-8H3,(H,16,18). The molecule has 0 saturated heterocycles. The summed E-state index contributed by atoms with van der Waals surface area (Å²) in [7, 11) is 0. The Hall–Kier alpha value is -0.770. The summed E-state index contributed by atoms with van der Waals surface area (Å²) in [5.74, 6) is 0. The van der Waals surface area contributed by atoms with Crippen LogP contribution in [-0.4, -0.2) is 30.3 Å². The highest BCUT2D eigenvalue weighted by atomic mass is 16.6. The highest BCUT2D eigenvalue weighted by Crippen LogP contribution is 2.26. The van der Waals surface area contributed by atoms with Crippen LogP contribution in [0.5, 0.6) is 0 Å². The van der Waals surface area contributed by atoms with Crippen molar-refractivity contribution >= 4 is 6.09 Å². The molecule has 4 heteroatoms. The molecule has 114 valence electrons. The Labute approximate surface area is 118 Å². The molecule has 0 aromatic rings. The van der Waals surface area contributed by atoms with Gasteiger partial charge in [0.05, 0.1) is 0 Å². The molecule has 0 aliphatic rings.